The number of hydrogen-bond acceptors (Lipinski definition) is 19. The summed E-state index contributed by atoms with van der Waals surface area (Å²) in [7, 11) is -3.12. The van der Waals surface area contributed by atoms with Crippen LogP contribution in [0.25, 0.3) is 11.2 Å². The zero-order valence-corrected chi connectivity index (χ0v) is 28.6. The van der Waals surface area contributed by atoms with Crippen LogP contribution in [-0.2, 0) is 55.5 Å². The SMILES string of the molecule is CC(=O)NC1C(OCCOCCOCCn2cc(COC3C(O[P+](=O)O)C(CO)OC3n3cnc4c(=O)[nH]c(N)nc43)nn2)OC(CO)C(O)C1O. The fraction of sp³-hybridized carbons (Fsp3) is 0.704. The van der Waals surface area contributed by atoms with Crippen molar-refractivity contribution in [2.24, 2.45) is 0 Å². The quantitative estimate of drug-likeness (QED) is 0.0424. The first-order chi connectivity index (χ1) is 25.0. The van der Waals surface area contributed by atoms with Gasteiger partial charge in [0.05, 0.1) is 71.9 Å². The molecule has 10 atom stereocenters. The Morgan fingerprint density at radius 1 is 1.06 bits per heavy atom. The summed E-state index contributed by atoms with van der Waals surface area (Å²) in [5, 5.41) is 50.3. The first-order valence-electron chi connectivity index (χ1n) is 16.0. The van der Waals surface area contributed by atoms with Gasteiger partial charge < -0.3 is 59.9 Å². The minimum atomic E-state index is -3.12. The number of ether oxygens (including phenoxy) is 6. The van der Waals surface area contributed by atoms with Crippen LogP contribution in [0, 0.1) is 0 Å². The van der Waals surface area contributed by atoms with E-state index in [1.54, 1.807) is 6.20 Å². The summed E-state index contributed by atoms with van der Waals surface area (Å²) in [5.41, 5.74) is 5.52. The van der Waals surface area contributed by atoms with Crippen LogP contribution < -0.4 is 16.6 Å². The third-order valence-electron chi connectivity index (χ3n) is 8.01. The zero-order valence-electron chi connectivity index (χ0n) is 27.7. The molecule has 5 rings (SSSR count). The number of nitrogens with one attached hydrogen (secondary N) is 2. The van der Waals surface area contributed by atoms with Gasteiger partial charge in [0, 0.05) is 11.5 Å². The Morgan fingerprint density at radius 2 is 1.79 bits per heavy atom. The molecule has 0 radical (unpaired) electrons. The maximum absolute atomic E-state index is 12.3. The van der Waals surface area contributed by atoms with E-state index in [4.69, 9.17) is 38.7 Å². The summed E-state index contributed by atoms with van der Waals surface area (Å²) in [4.78, 5) is 43.8. The second-order valence-electron chi connectivity index (χ2n) is 11.6. The van der Waals surface area contributed by atoms with Crippen LogP contribution in [0.15, 0.2) is 17.3 Å². The molecular formula is C27H41N9O15P+. The van der Waals surface area contributed by atoms with Gasteiger partial charge in [-0.3, -0.25) is 19.1 Å². The number of carbonyl (C=O) groups excluding carboxylic acids is 1. The van der Waals surface area contributed by atoms with E-state index in [1.807, 2.05) is 0 Å². The fourth-order valence-corrected chi connectivity index (χ4v) is 6.09. The van der Waals surface area contributed by atoms with Crippen molar-refractivity contribution in [2.45, 2.75) is 75.3 Å². The number of anilines is 1. The lowest BCUT2D eigenvalue weighted by molar-refractivity contribution is -0.272. The number of hydrogen-bond donors (Lipinski definition) is 8. The monoisotopic (exact) mass is 762 g/mol. The Labute approximate surface area is 294 Å². The van der Waals surface area contributed by atoms with Crippen LogP contribution in [0.3, 0.4) is 0 Å². The Kier molecular flexibility index (Phi) is 14.0. The van der Waals surface area contributed by atoms with Crippen molar-refractivity contribution in [1.29, 1.82) is 0 Å². The van der Waals surface area contributed by atoms with Crippen LogP contribution in [0.5, 0.6) is 0 Å². The average molecular weight is 763 g/mol. The highest BCUT2D eigenvalue weighted by molar-refractivity contribution is 7.32. The molecule has 3 aromatic rings. The Balaban J connectivity index is 1.06. The molecule has 0 aromatic carbocycles. The van der Waals surface area contributed by atoms with Crippen LogP contribution in [-0.4, -0.2) is 161 Å². The number of carbonyl (C=O) groups is 1. The molecule has 2 saturated heterocycles. The maximum Gasteiger partial charge on any atom is 0.695 e. The summed E-state index contributed by atoms with van der Waals surface area (Å²) in [6.07, 6.45) is -6.67. The van der Waals surface area contributed by atoms with Crippen molar-refractivity contribution in [2.75, 3.05) is 52.0 Å². The standard InChI is InChI=1S/C27H40N9O15P/c1-13(39)30-17-20(41)19(40)15(9-37)50-26(17)47-7-6-46-5-4-45-3-2-35-8-14(33-34-35)11-48-22-21(51-52(43)44)16(10-38)49-25(22)36-12-29-18-23(36)31-27(28)32-24(18)42/h8,12,15-17,19-22,25-26,37-38,40-41H,2-7,9-11H2,1H3,(H4-,28,30,31,32,39,42,43,44)/p+1. The van der Waals surface area contributed by atoms with Gasteiger partial charge in [0.15, 0.2) is 29.8 Å². The molecule has 24 nitrogen and oxygen atoms in total. The molecule has 3 aromatic heterocycles. The lowest BCUT2D eigenvalue weighted by Gasteiger charge is -2.42. The Bertz CT molecular complexity index is 1690. The van der Waals surface area contributed by atoms with Crippen molar-refractivity contribution in [1.82, 2.24) is 39.8 Å². The van der Waals surface area contributed by atoms with Crippen LogP contribution >= 0.6 is 8.25 Å². The van der Waals surface area contributed by atoms with E-state index < -0.39 is 88.1 Å². The number of imidazole rings is 1. The normalized spacial score (nSPS) is 28.0. The van der Waals surface area contributed by atoms with E-state index in [2.05, 4.69) is 30.6 Å². The number of aliphatic hydroxyl groups is 4. The number of nitrogens with zero attached hydrogens (tertiary/aromatic N) is 6. The minimum absolute atomic E-state index is 0.0232. The number of aromatic nitrogens is 7. The van der Waals surface area contributed by atoms with Crippen LogP contribution in [0.2, 0.25) is 0 Å². The van der Waals surface area contributed by atoms with Gasteiger partial charge in [-0.2, -0.15) is 4.98 Å². The Hall–Kier alpha value is -3.62. The number of rotatable bonds is 19. The summed E-state index contributed by atoms with van der Waals surface area (Å²) in [6.45, 7) is 1.12. The fourth-order valence-electron chi connectivity index (χ4n) is 5.63. The first-order valence-corrected chi connectivity index (χ1v) is 17.1. The number of nitrogen functional groups attached to an aromatic ring is 1. The lowest BCUT2D eigenvalue weighted by atomic mass is 9.97. The van der Waals surface area contributed by atoms with E-state index in [0.29, 0.717) is 12.2 Å². The molecule has 0 bridgehead atoms. The molecule has 2 aliphatic rings. The highest BCUT2D eigenvalue weighted by Gasteiger charge is 2.52. The number of aliphatic hydroxyl groups excluding tert-OH is 4. The number of fused-ring (bicyclic) bond motifs is 1. The molecule has 1 amide bonds. The molecule has 0 spiro atoms. The summed E-state index contributed by atoms with van der Waals surface area (Å²) < 4.78 is 53.7. The largest absolute Gasteiger partial charge is 0.695 e. The number of aromatic amines is 1. The summed E-state index contributed by atoms with van der Waals surface area (Å²) >= 11 is 0. The molecule has 288 valence electrons. The van der Waals surface area contributed by atoms with E-state index in [1.165, 1.54) is 22.5 Å². The van der Waals surface area contributed by atoms with Crippen LogP contribution in [0.1, 0.15) is 18.8 Å². The predicted molar refractivity (Wildman–Crippen MR) is 170 cm³/mol. The lowest BCUT2D eigenvalue weighted by Crippen LogP contribution is -2.64. The molecule has 2 aliphatic heterocycles. The highest BCUT2D eigenvalue weighted by atomic mass is 31.1. The van der Waals surface area contributed by atoms with Crippen molar-refractivity contribution in [3.8, 4) is 0 Å². The smallest absolute Gasteiger partial charge is 0.394 e. The summed E-state index contributed by atoms with van der Waals surface area (Å²) in [5.74, 6) is -0.637. The van der Waals surface area contributed by atoms with E-state index in [-0.39, 0.29) is 56.8 Å². The molecule has 5 heterocycles. The summed E-state index contributed by atoms with van der Waals surface area (Å²) in [6, 6.07) is -1.05. The van der Waals surface area contributed by atoms with Gasteiger partial charge in [0.25, 0.3) is 5.56 Å². The number of nitrogens with two attached hydrogens (primary N) is 1. The third-order valence-corrected chi connectivity index (χ3v) is 8.43. The molecule has 0 aliphatic carbocycles. The average Bonchev–Trinajstić information content (AvgIpc) is 3.82. The Morgan fingerprint density at radius 3 is 2.50 bits per heavy atom. The van der Waals surface area contributed by atoms with Crippen molar-refractivity contribution in [3.63, 3.8) is 0 Å². The molecule has 25 heteroatoms. The maximum atomic E-state index is 12.3. The molecule has 52 heavy (non-hydrogen) atoms. The second-order valence-corrected chi connectivity index (χ2v) is 12.3. The van der Waals surface area contributed by atoms with Crippen molar-refractivity contribution < 1.29 is 67.6 Å². The van der Waals surface area contributed by atoms with Gasteiger partial charge in [-0.25, -0.2) is 9.67 Å². The zero-order chi connectivity index (χ0) is 37.4. The van der Waals surface area contributed by atoms with E-state index in [0.717, 1.165) is 0 Å². The second kappa shape index (κ2) is 18.4. The van der Waals surface area contributed by atoms with Gasteiger partial charge in [0.1, 0.15) is 42.3 Å². The predicted octanol–water partition coefficient (Wildman–Crippen LogP) is -4.20. The van der Waals surface area contributed by atoms with Gasteiger partial charge in [0.2, 0.25) is 11.9 Å². The topological polar surface area (TPSA) is 332 Å². The third kappa shape index (κ3) is 9.67. The molecule has 10 unspecified atom stereocenters. The highest BCUT2D eigenvalue weighted by Crippen LogP contribution is 2.39. The molecule has 9 N–H and O–H groups in total. The number of amides is 1. The van der Waals surface area contributed by atoms with Gasteiger partial charge in [-0.05, 0) is 0 Å². The molecular weight excluding hydrogens is 721 g/mol. The molecule has 2 fully saturated rings. The van der Waals surface area contributed by atoms with E-state index in [9.17, 15) is 39.5 Å². The minimum Gasteiger partial charge on any atom is -0.394 e. The van der Waals surface area contributed by atoms with Gasteiger partial charge >= 0.3 is 8.25 Å². The van der Waals surface area contributed by atoms with Crippen molar-refractivity contribution >= 4 is 31.3 Å². The van der Waals surface area contributed by atoms with E-state index >= 15 is 0 Å². The first kappa shape index (κ1) is 39.6. The molecule has 0 saturated carbocycles. The van der Waals surface area contributed by atoms with Crippen LogP contribution in [0.4, 0.5) is 5.95 Å². The van der Waals surface area contributed by atoms with Gasteiger partial charge in [-0.15, -0.1) is 14.5 Å². The number of H-pyrrole nitrogens is 1. The van der Waals surface area contributed by atoms with Crippen molar-refractivity contribution in [3.05, 3.63) is 28.6 Å². The van der Waals surface area contributed by atoms with Gasteiger partial charge in [-0.1, -0.05) is 5.21 Å².